The highest BCUT2D eigenvalue weighted by Gasteiger charge is 2.05. The molecule has 2 rings (SSSR count). The number of pyridine rings is 1. The quantitative estimate of drug-likeness (QED) is 0.906. The van der Waals surface area contributed by atoms with Gasteiger partial charge in [-0.25, -0.2) is 4.98 Å². The summed E-state index contributed by atoms with van der Waals surface area (Å²) < 4.78 is 1.05. The van der Waals surface area contributed by atoms with Crippen molar-refractivity contribution in [3.05, 3.63) is 35.6 Å². The van der Waals surface area contributed by atoms with E-state index in [1.54, 1.807) is 23.1 Å². The van der Waals surface area contributed by atoms with Gasteiger partial charge in [0.05, 0.1) is 5.69 Å². The molecule has 16 heavy (non-hydrogen) atoms. The van der Waals surface area contributed by atoms with Crippen molar-refractivity contribution in [2.75, 3.05) is 7.05 Å². The van der Waals surface area contributed by atoms with E-state index in [9.17, 15) is 0 Å². The molecule has 2 aromatic rings. The Kier molecular flexibility index (Phi) is 3.93. The third-order valence-corrected chi connectivity index (χ3v) is 4.11. The van der Waals surface area contributed by atoms with Crippen LogP contribution in [0.1, 0.15) is 18.7 Å². The van der Waals surface area contributed by atoms with Gasteiger partial charge in [-0.05, 0) is 26.1 Å². The Hall–Kier alpha value is -0.910. The highest BCUT2D eigenvalue weighted by molar-refractivity contribution is 8.01. The number of nitrogens with zero attached hydrogens (tertiary/aromatic N) is 2. The summed E-state index contributed by atoms with van der Waals surface area (Å²) in [7, 11) is 1.94. The van der Waals surface area contributed by atoms with Crippen molar-refractivity contribution in [3.63, 3.8) is 0 Å². The number of hydrogen-bond acceptors (Lipinski definition) is 5. The molecule has 1 atom stereocenters. The van der Waals surface area contributed by atoms with E-state index in [2.05, 4.69) is 34.3 Å². The molecule has 0 aromatic carbocycles. The van der Waals surface area contributed by atoms with Gasteiger partial charge in [0, 0.05) is 28.7 Å². The minimum atomic E-state index is 0.291. The maximum absolute atomic E-state index is 4.42. The summed E-state index contributed by atoms with van der Waals surface area (Å²) >= 11 is 3.29. The fourth-order valence-corrected chi connectivity index (χ4v) is 2.78. The van der Waals surface area contributed by atoms with Crippen molar-refractivity contribution in [1.82, 2.24) is 15.3 Å². The lowest BCUT2D eigenvalue weighted by Crippen LogP contribution is -2.13. The van der Waals surface area contributed by atoms with Gasteiger partial charge < -0.3 is 5.32 Å². The fourth-order valence-electron chi connectivity index (χ4n) is 1.22. The molecule has 1 unspecified atom stereocenters. The second-order valence-electron chi connectivity index (χ2n) is 3.33. The molecule has 5 heteroatoms. The predicted octanol–water partition coefficient (Wildman–Crippen LogP) is 2.97. The molecule has 0 aliphatic rings. The van der Waals surface area contributed by atoms with Gasteiger partial charge in [0.15, 0.2) is 4.34 Å². The van der Waals surface area contributed by atoms with Gasteiger partial charge >= 0.3 is 0 Å². The Morgan fingerprint density at radius 1 is 1.38 bits per heavy atom. The van der Waals surface area contributed by atoms with E-state index >= 15 is 0 Å². The second kappa shape index (κ2) is 5.43. The number of rotatable bonds is 4. The summed E-state index contributed by atoms with van der Waals surface area (Å²) in [6, 6.07) is 4.43. The lowest BCUT2D eigenvalue weighted by Gasteiger charge is -2.09. The molecule has 0 spiro atoms. The molecule has 0 fully saturated rings. The normalized spacial score (nSPS) is 12.6. The van der Waals surface area contributed by atoms with Crippen LogP contribution in [0.3, 0.4) is 0 Å². The first-order valence-corrected chi connectivity index (χ1v) is 6.70. The molecule has 0 radical (unpaired) electrons. The zero-order valence-corrected chi connectivity index (χ0v) is 10.8. The Bertz CT molecular complexity index is 425. The lowest BCUT2D eigenvalue weighted by atomic mass is 10.2. The van der Waals surface area contributed by atoms with Crippen molar-refractivity contribution in [1.29, 1.82) is 0 Å². The van der Waals surface area contributed by atoms with Crippen molar-refractivity contribution in [3.8, 4) is 0 Å². The van der Waals surface area contributed by atoms with Crippen molar-refractivity contribution < 1.29 is 0 Å². The summed E-state index contributed by atoms with van der Waals surface area (Å²) in [5.41, 5.74) is 1.06. The van der Waals surface area contributed by atoms with Crippen LogP contribution in [0.5, 0.6) is 0 Å². The number of nitrogens with one attached hydrogen (secondary N) is 1. The van der Waals surface area contributed by atoms with Gasteiger partial charge in [0.1, 0.15) is 0 Å². The van der Waals surface area contributed by atoms with Crippen LogP contribution in [-0.4, -0.2) is 17.0 Å². The SMILES string of the molecule is CNC(C)c1ccc(Sc2nccs2)cn1. The number of hydrogen-bond donors (Lipinski definition) is 1. The summed E-state index contributed by atoms with van der Waals surface area (Å²) in [6.07, 6.45) is 3.72. The molecule has 2 heterocycles. The Balaban J connectivity index is 2.07. The zero-order chi connectivity index (χ0) is 11.4. The average molecular weight is 251 g/mol. The largest absolute Gasteiger partial charge is 0.312 e. The van der Waals surface area contributed by atoms with Crippen LogP contribution in [0.15, 0.2) is 39.1 Å². The smallest absolute Gasteiger partial charge is 0.154 e. The van der Waals surface area contributed by atoms with Gasteiger partial charge in [0.2, 0.25) is 0 Å². The predicted molar refractivity (Wildman–Crippen MR) is 67.9 cm³/mol. The van der Waals surface area contributed by atoms with E-state index in [0.29, 0.717) is 6.04 Å². The molecule has 0 amide bonds. The molecular weight excluding hydrogens is 238 g/mol. The molecule has 0 saturated carbocycles. The van der Waals surface area contributed by atoms with Crippen LogP contribution in [-0.2, 0) is 0 Å². The van der Waals surface area contributed by atoms with Crippen molar-refractivity contribution >= 4 is 23.1 Å². The van der Waals surface area contributed by atoms with E-state index < -0.39 is 0 Å². The van der Waals surface area contributed by atoms with E-state index in [1.165, 1.54) is 0 Å². The van der Waals surface area contributed by atoms with E-state index in [4.69, 9.17) is 0 Å². The first-order chi connectivity index (χ1) is 7.79. The zero-order valence-electron chi connectivity index (χ0n) is 9.18. The summed E-state index contributed by atoms with van der Waals surface area (Å²) in [4.78, 5) is 9.78. The van der Waals surface area contributed by atoms with Crippen LogP contribution < -0.4 is 5.32 Å². The first-order valence-electron chi connectivity index (χ1n) is 5.00. The molecule has 2 aromatic heterocycles. The molecule has 0 aliphatic carbocycles. The van der Waals surface area contributed by atoms with Crippen LogP contribution in [0.25, 0.3) is 0 Å². The lowest BCUT2D eigenvalue weighted by molar-refractivity contribution is 0.631. The van der Waals surface area contributed by atoms with Crippen molar-refractivity contribution in [2.45, 2.75) is 22.2 Å². The maximum atomic E-state index is 4.42. The van der Waals surface area contributed by atoms with Gasteiger partial charge in [-0.1, -0.05) is 11.8 Å². The first kappa shape index (κ1) is 11.6. The molecule has 0 bridgehead atoms. The fraction of sp³-hybridized carbons (Fsp3) is 0.273. The summed E-state index contributed by atoms with van der Waals surface area (Å²) in [5.74, 6) is 0. The third-order valence-electron chi connectivity index (χ3n) is 2.25. The van der Waals surface area contributed by atoms with Crippen molar-refractivity contribution in [2.24, 2.45) is 0 Å². The van der Waals surface area contributed by atoms with Gasteiger partial charge in [-0.2, -0.15) is 0 Å². The summed E-state index contributed by atoms with van der Waals surface area (Å²) in [5, 5.41) is 5.15. The van der Waals surface area contributed by atoms with Gasteiger partial charge in [-0.3, -0.25) is 4.98 Å². The summed E-state index contributed by atoms with van der Waals surface area (Å²) in [6.45, 7) is 2.09. The van der Waals surface area contributed by atoms with E-state index in [1.807, 2.05) is 24.8 Å². The second-order valence-corrected chi connectivity index (χ2v) is 5.54. The highest BCUT2D eigenvalue weighted by atomic mass is 32.2. The minimum Gasteiger partial charge on any atom is -0.312 e. The number of aromatic nitrogens is 2. The number of thiazole rings is 1. The van der Waals surface area contributed by atoms with Gasteiger partial charge in [0.25, 0.3) is 0 Å². The van der Waals surface area contributed by atoms with Gasteiger partial charge in [-0.15, -0.1) is 11.3 Å². The molecule has 84 valence electrons. The average Bonchev–Trinajstić information content (AvgIpc) is 2.82. The standard InChI is InChI=1S/C11H13N3S2/c1-8(12-2)10-4-3-9(7-14-10)16-11-13-5-6-15-11/h3-8,12H,1-2H3. The van der Waals surface area contributed by atoms with Crippen LogP contribution in [0.4, 0.5) is 0 Å². The Labute approximate surface area is 103 Å². The van der Waals surface area contributed by atoms with Crippen LogP contribution in [0, 0.1) is 0 Å². The molecular formula is C11H13N3S2. The molecule has 3 nitrogen and oxygen atoms in total. The Morgan fingerprint density at radius 2 is 2.25 bits per heavy atom. The van der Waals surface area contributed by atoms with E-state index in [0.717, 1.165) is 14.9 Å². The van der Waals surface area contributed by atoms with E-state index in [-0.39, 0.29) is 0 Å². The monoisotopic (exact) mass is 251 g/mol. The molecule has 0 aliphatic heterocycles. The molecule has 1 N–H and O–H groups in total. The maximum Gasteiger partial charge on any atom is 0.154 e. The van der Waals surface area contributed by atoms with Crippen LogP contribution in [0.2, 0.25) is 0 Å². The van der Waals surface area contributed by atoms with Crippen LogP contribution >= 0.6 is 23.1 Å². The minimum absolute atomic E-state index is 0.291. The molecule has 0 saturated heterocycles. The Morgan fingerprint density at radius 3 is 2.81 bits per heavy atom. The highest BCUT2D eigenvalue weighted by Crippen LogP contribution is 2.28. The third kappa shape index (κ3) is 2.81. The topological polar surface area (TPSA) is 37.8 Å².